The van der Waals surface area contributed by atoms with Crippen molar-refractivity contribution in [2.24, 2.45) is 0 Å². The van der Waals surface area contributed by atoms with Crippen LogP contribution in [0.5, 0.6) is 0 Å². The SMILES string of the molecule is CB(O)N1CCN(C2CCN(Cc3ccccc3)CC2)CC1.CB(O)N1CCNCC1.O=C1CCN(Cc2ccccc2)CC1. The summed E-state index contributed by atoms with van der Waals surface area (Å²) in [6, 6.07) is 22.0. The Morgan fingerprint density at radius 1 is 0.644 bits per heavy atom. The molecule has 0 unspecified atom stereocenters. The number of hydrogen-bond acceptors (Lipinski definition) is 9. The van der Waals surface area contributed by atoms with E-state index in [1.807, 2.05) is 19.7 Å². The van der Waals surface area contributed by atoms with Crippen LogP contribution < -0.4 is 5.32 Å². The van der Waals surface area contributed by atoms with Gasteiger partial charge in [0.05, 0.1) is 0 Å². The molecular weight excluding hydrogens is 562 g/mol. The molecule has 0 bridgehead atoms. The molecule has 0 atom stereocenters. The minimum atomic E-state index is -0.296. The van der Waals surface area contributed by atoms with Crippen molar-refractivity contribution >= 4 is 19.9 Å². The first-order valence-electron chi connectivity index (χ1n) is 17.2. The number of piperazine rings is 2. The van der Waals surface area contributed by atoms with Crippen molar-refractivity contribution in [2.45, 2.75) is 58.5 Å². The van der Waals surface area contributed by atoms with Crippen LogP contribution in [0.2, 0.25) is 13.6 Å². The fourth-order valence-electron chi connectivity index (χ4n) is 6.62. The molecule has 9 nitrogen and oxygen atoms in total. The van der Waals surface area contributed by atoms with Gasteiger partial charge in [-0.1, -0.05) is 60.7 Å². The summed E-state index contributed by atoms with van der Waals surface area (Å²) in [5.74, 6) is 0.411. The van der Waals surface area contributed by atoms with E-state index in [1.165, 1.54) is 37.1 Å². The van der Waals surface area contributed by atoms with Gasteiger partial charge in [-0.3, -0.25) is 19.5 Å². The number of nitrogens with one attached hydrogen (secondary N) is 1. The number of benzene rings is 2. The van der Waals surface area contributed by atoms with Crippen LogP contribution >= 0.6 is 0 Å². The Hall–Kier alpha value is -2.08. The molecule has 4 saturated heterocycles. The Labute approximate surface area is 272 Å². The maximum absolute atomic E-state index is 11.0. The second-order valence-electron chi connectivity index (χ2n) is 12.9. The van der Waals surface area contributed by atoms with Crippen LogP contribution in [0.4, 0.5) is 0 Å². The van der Waals surface area contributed by atoms with Gasteiger partial charge < -0.3 is 25.0 Å². The van der Waals surface area contributed by atoms with Crippen molar-refractivity contribution in [3.63, 3.8) is 0 Å². The predicted molar refractivity (Wildman–Crippen MR) is 186 cm³/mol. The second-order valence-corrected chi connectivity index (χ2v) is 12.9. The third-order valence-electron chi connectivity index (χ3n) is 9.54. The quantitative estimate of drug-likeness (QED) is 0.405. The summed E-state index contributed by atoms with van der Waals surface area (Å²) in [5, 5.41) is 21.9. The van der Waals surface area contributed by atoms with Gasteiger partial charge in [0, 0.05) is 97.4 Å². The summed E-state index contributed by atoms with van der Waals surface area (Å²) < 4.78 is 0. The van der Waals surface area contributed by atoms with Crippen LogP contribution in [0.15, 0.2) is 60.7 Å². The van der Waals surface area contributed by atoms with Gasteiger partial charge in [-0.15, -0.1) is 0 Å². The van der Waals surface area contributed by atoms with Crippen molar-refractivity contribution in [3.05, 3.63) is 71.8 Å². The number of nitrogens with zero attached hydrogens (tertiary/aromatic N) is 5. The average Bonchev–Trinajstić information content (AvgIpc) is 3.08. The number of hydrogen-bond donors (Lipinski definition) is 3. The average molecular weight is 618 g/mol. The standard InChI is InChI=1S/C17H28BN3O.C12H15NO.C5H13BN2O/c1-18(22)21-13-11-20(12-14-21)17-7-9-19(10-8-17)15-16-5-3-2-4-6-16;14-12-6-8-13(9-7-12)10-11-4-2-1-3-5-11;1-6(9)8-4-2-7-3-5-8/h2-6,17,22H,7-15H2,1H3;1-5H,6-10H2;7,9H,2-5H2,1H3. The number of ketones is 1. The summed E-state index contributed by atoms with van der Waals surface area (Å²) in [5.41, 5.74) is 2.76. The molecule has 0 spiro atoms. The zero-order valence-electron chi connectivity index (χ0n) is 27.8. The maximum Gasteiger partial charge on any atom is 0.376 e. The first-order chi connectivity index (χ1) is 21.9. The van der Waals surface area contributed by atoms with E-state index in [9.17, 15) is 9.82 Å². The largest absolute Gasteiger partial charge is 0.437 e. The first kappa shape index (κ1) is 35.8. The van der Waals surface area contributed by atoms with Crippen molar-refractivity contribution < 1.29 is 14.8 Å². The Bertz CT molecular complexity index is 1070. The molecule has 11 heteroatoms. The summed E-state index contributed by atoms with van der Waals surface area (Å²) >= 11 is 0. The van der Waals surface area contributed by atoms with E-state index in [2.05, 4.69) is 84.2 Å². The Balaban J connectivity index is 0.000000171. The smallest absolute Gasteiger partial charge is 0.376 e. The van der Waals surface area contributed by atoms with Gasteiger partial charge in [0.25, 0.3) is 0 Å². The third-order valence-corrected chi connectivity index (χ3v) is 9.54. The molecule has 0 amide bonds. The molecule has 4 aliphatic heterocycles. The molecule has 0 radical (unpaired) electrons. The van der Waals surface area contributed by atoms with Gasteiger partial charge in [-0.05, 0) is 50.7 Å². The Morgan fingerprint density at radius 3 is 1.53 bits per heavy atom. The molecule has 0 saturated carbocycles. The van der Waals surface area contributed by atoms with Crippen molar-refractivity contribution in [2.75, 3.05) is 78.5 Å². The molecule has 4 aliphatic rings. The highest BCUT2D eigenvalue weighted by Crippen LogP contribution is 2.20. The maximum atomic E-state index is 11.0. The Kier molecular flexibility index (Phi) is 15.5. The molecule has 246 valence electrons. The van der Waals surface area contributed by atoms with Crippen LogP contribution in [-0.2, 0) is 17.9 Å². The summed E-state index contributed by atoms with van der Waals surface area (Å²) in [6.07, 6.45) is 4.02. The van der Waals surface area contributed by atoms with E-state index >= 15 is 0 Å². The molecule has 0 aliphatic carbocycles. The van der Waals surface area contributed by atoms with Gasteiger partial charge in [-0.2, -0.15) is 0 Å². The fraction of sp³-hybridized carbons (Fsp3) is 0.618. The van der Waals surface area contributed by atoms with E-state index in [4.69, 9.17) is 5.02 Å². The molecule has 3 N–H and O–H groups in total. The minimum absolute atomic E-state index is 0.271. The second kappa shape index (κ2) is 19.5. The van der Waals surface area contributed by atoms with Crippen LogP contribution in [-0.4, -0.2) is 139 Å². The lowest BCUT2D eigenvalue weighted by molar-refractivity contribution is -0.121. The monoisotopic (exact) mass is 618 g/mol. The van der Waals surface area contributed by atoms with E-state index in [1.54, 1.807) is 0 Å². The minimum Gasteiger partial charge on any atom is -0.437 e. The van der Waals surface area contributed by atoms with Gasteiger partial charge in [0.15, 0.2) is 0 Å². The number of Topliss-reactive ketones (excluding diaryl/α,β-unsaturated/α-hetero) is 1. The molecule has 2 aromatic carbocycles. The molecule has 4 heterocycles. The third kappa shape index (κ3) is 12.9. The number of piperidine rings is 2. The summed E-state index contributed by atoms with van der Waals surface area (Å²) in [7, 11) is -0.568. The van der Waals surface area contributed by atoms with Crippen molar-refractivity contribution in [1.82, 2.24) is 29.6 Å². The molecule has 4 fully saturated rings. The highest BCUT2D eigenvalue weighted by atomic mass is 16.2. The summed E-state index contributed by atoms with van der Waals surface area (Å²) in [4.78, 5) is 22.8. The fourth-order valence-corrected chi connectivity index (χ4v) is 6.62. The highest BCUT2D eigenvalue weighted by molar-refractivity contribution is 6.45. The van der Waals surface area contributed by atoms with Crippen molar-refractivity contribution in [3.8, 4) is 0 Å². The molecule has 45 heavy (non-hydrogen) atoms. The van der Waals surface area contributed by atoms with Gasteiger partial charge in [0.2, 0.25) is 0 Å². The van der Waals surface area contributed by atoms with E-state index in [-0.39, 0.29) is 14.1 Å². The summed E-state index contributed by atoms with van der Waals surface area (Å²) in [6.45, 7) is 18.2. The van der Waals surface area contributed by atoms with E-state index in [0.29, 0.717) is 5.78 Å². The van der Waals surface area contributed by atoms with Gasteiger partial charge >= 0.3 is 14.1 Å². The molecular formula is C34H56B2N6O3. The van der Waals surface area contributed by atoms with Gasteiger partial charge in [0.1, 0.15) is 5.78 Å². The molecule has 6 rings (SSSR count). The lowest BCUT2D eigenvalue weighted by Gasteiger charge is -2.43. The lowest BCUT2D eigenvalue weighted by Crippen LogP contribution is -2.55. The Morgan fingerprint density at radius 2 is 1.09 bits per heavy atom. The van der Waals surface area contributed by atoms with Crippen LogP contribution in [0.3, 0.4) is 0 Å². The van der Waals surface area contributed by atoms with Gasteiger partial charge in [-0.25, -0.2) is 0 Å². The number of likely N-dealkylation sites (tertiary alicyclic amines) is 2. The number of carbonyl (C=O) groups excluding carboxylic acids is 1. The molecule has 2 aromatic rings. The number of carbonyl (C=O) groups is 1. The van der Waals surface area contributed by atoms with Crippen molar-refractivity contribution in [1.29, 1.82) is 0 Å². The normalized spacial score (nSPS) is 21.3. The zero-order valence-corrected chi connectivity index (χ0v) is 27.8. The first-order valence-corrected chi connectivity index (χ1v) is 17.2. The van der Waals surface area contributed by atoms with E-state index in [0.717, 1.165) is 97.4 Å². The van der Waals surface area contributed by atoms with Crippen LogP contribution in [0.25, 0.3) is 0 Å². The van der Waals surface area contributed by atoms with Crippen LogP contribution in [0, 0.1) is 0 Å². The molecule has 0 aromatic heterocycles. The van der Waals surface area contributed by atoms with Crippen LogP contribution in [0.1, 0.15) is 36.8 Å². The topological polar surface area (TPSA) is 85.8 Å². The zero-order chi connectivity index (χ0) is 31.9. The predicted octanol–water partition coefficient (Wildman–Crippen LogP) is 2.23. The lowest BCUT2D eigenvalue weighted by atomic mass is 9.84. The highest BCUT2D eigenvalue weighted by Gasteiger charge is 2.29. The number of rotatable bonds is 7. The van der Waals surface area contributed by atoms with E-state index < -0.39 is 0 Å².